The number of hydrogen-bond acceptors (Lipinski definition) is 11. The quantitative estimate of drug-likeness (QED) is 0.0494. The molecule has 0 aliphatic carbocycles. The van der Waals surface area contributed by atoms with Crippen LogP contribution in [0.25, 0.3) is 11.1 Å². The predicted octanol–water partition coefficient (Wildman–Crippen LogP) is 5.14. The number of ether oxygens (including phenoxy) is 4. The lowest BCUT2D eigenvalue weighted by molar-refractivity contribution is -0.141. The van der Waals surface area contributed by atoms with E-state index in [-0.39, 0.29) is 55.1 Å². The van der Waals surface area contributed by atoms with Crippen molar-refractivity contribution < 1.29 is 52.0 Å². The summed E-state index contributed by atoms with van der Waals surface area (Å²) in [5.41, 5.74) is 13.1. The Kier molecular flexibility index (Phi) is 25.9. The van der Waals surface area contributed by atoms with Crippen LogP contribution in [-0.4, -0.2) is 135 Å². The first-order chi connectivity index (χ1) is 31.2. The van der Waals surface area contributed by atoms with Crippen LogP contribution in [0.3, 0.4) is 0 Å². The predicted molar refractivity (Wildman–Crippen MR) is 248 cm³/mol. The number of nitrogens with one attached hydrogen (secondary N) is 2. The molecule has 3 amide bonds. The van der Waals surface area contributed by atoms with E-state index >= 15 is 4.39 Å². The number of carbonyl (C=O) groups excluding carboxylic acids is 3. The molecule has 1 heterocycles. The van der Waals surface area contributed by atoms with Gasteiger partial charge in [0.05, 0.1) is 64.6 Å². The number of aliphatic carboxylic acids is 1. The number of hydrogen-bond donors (Lipinski definition) is 5. The van der Waals surface area contributed by atoms with Crippen LogP contribution in [0, 0.1) is 17.0 Å². The maximum atomic E-state index is 15.1. The fourth-order valence-corrected chi connectivity index (χ4v) is 7.86. The van der Waals surface area contributed by atoms with E-state index in [1.165, 1.54) is 0 Å². The molecule has 0 spiro atoms. The van der Waals surface area contributed by atoms with Gasteiger partial charge in [0.2, 0.25) is 17.7 Å². The highest BCUT2D eigenvalue weighted by Crippen LogP contribution is 2.41. The molecule has 2 aromatic carbocycles. The molecule has 0 saturated heterocycles. The lowest BCUT2D eigenvalue weighted by Gasteiger charge is -2.41. The molecule has 0 aliphatic rings. The zero-order valence-electron chi connectivity index (χ0n) is 38.2. The number of nitrogens with zero attached hydrogens (tertiary/aromatic N) is 2. The lowest BCUT2D eigenvalue weighted by atomic mass is 9.83. The van der Waals surface area contributed by atoms with Crippen LogP contribution in [0.4, 0.5) is 8.78 Å². The Morgan fingerprint density at radius 1 is 0.800 bits per heavy atom. The molecule has 2 unspecified atom stereocenters. The summed E-state index contributed by atoms with van der Waals surface area (Å²) in [6.45, 7) is 10.5. The summed E-state index contributed by atoms with van der Waals surface area (Å²) in [5, 5.41) is 15.3. The van der Waals surface area contributed by atoms with Gasteiger partial charge < -0.3 is 55.6 Å². The minimum Gasteiger partial charge on any atom is -0.480 e. The van der Waals surface area contributed by atoms with Gasteiger partial charge in [-0.25, -0.2) is 13.6 Å². The van der Waals surface area contributed by atoms with Gasteiger partial charge in [-0.05, 0) is 67.6 Å². The molecule has 0 aliphatic heterocycles. The topological polar surface area (TPSA) is 210 Å². The minimum atomic E-state index is -1.25. The summed E-state index contributed by atoms with van der Waals surface area (Å²) < 4.78 is 53.4. The molecule has 0 radical (unpaired) electrons. The van der Waals surface area contributed by atoms with E-state index in [0.29, 0.717) is 89.9 Å². The van der Waals surface area contributed by atoms with Crippen LogP contribution in [0.2, 0.25) is 0 Å². The fourth-order valence-electron chi connectivity index (χ4n) is 6.94. The van der Waals surface area contributed by atoms with Crippen LogP contribution in [-0.2, 0) is 44.7 Å². The summed E-state index contributed by atoms with van der Waals surface area (Å²) in [7, 11) is 0. The molecule has 0 bridgehead atoms. The summed E-state index contributed by atoms with van der Waals surface area (Å²) in [5.74, 6) is -3.31. The van der Waals surface area contributed by atoms with Crippen LogP contribution < -0.4 is 22.1 Å². The molecule has 3 aromatic rings. The van der Waals surface area contributed by atoms with Gasteiger partial charge in [-0.2, -0.15) is 0 Å². The molecule has 362 valence electrons. The average Bonchev–Trinajstić information content (AvgIpc) is 3.67. The number of rotatable bonds is 34. The van der Waals surface area contributed by atoms with Crippen molar-refractivity contribution in [3.63, 3.8) is 0 Å². The Balaban J connectivity index is 1.45. The largest absolute Gasteiger partial charge is 0.480 e. The number of benzene rings is 2. The highest BCUT2D eigenvalue weighted by molar-refractivity contribution is 8.00. The first-order valence-corrected chi connectivity index (χ1v) is 23.5. The van der Waals surface area contributed by atoms with Crippen molar-refractivity contribution in [3.8, 4) is 11.1 Å². The molecule has 1 aromatic heterocycles. The molecule has 15 nitrogen and oxygen atoms in total. The zero-order chi connectivity index (χ0) is 47.5. The summed E-state index contributed by atoms with van der Waals surface area (Å²) >= 11 is 1.09. The third-order valence-electron chi connectivity index (χ3n) is 10.1. The van der Waals surface area contributed by atoms with E-state index in [0.717, 1.165) is 54.8 Å². The van der Waals surface area contributed by atoms with E-state index in [1.54, 1.807) is 17.2 Å². The van der Waals surface area contributed by atoms with Crippen molar-refractivity contribution in [2.45, 2.75) is 77.9 Å². The van der Waals surface area contributed by atoms with Crippen LogP contribution >= 0.6 is 11.8 Å². The van der Waals surface area contributed by atoms with Crippen LogP contribution in [0.5, 0.6) is 0 Å². The minimum absolute atomic E-state index is 0.00837. The molecular weight excluding hydrogens is 863 g/mol. The van der Waals surface area contributed by atoms with Crippen molar-refractivity contribution in [1.82, 2.24) is 20.1 Å². The Labute approximate surface area is 386 Å². The van der Waals surface area contributed by atoms with Gasteiger partial charge in [0.25, 0.3) is 0 Å². The molecular formula is C47H70F2N6O9S. The van der Waals surface area contributed by atoms with Gasteiger partial charge >= 0.3 is 5.97 Å². The zero-order valence-corrected chi connectivity index (χ0v) is 39.0. The monoisotopic (exact) mass is 932 g/mol. The van der Waals surface area contributed by atoms with Gasteiger partial charge in [-0.1, -0.05) is 57.5 Å². The fraction of sp³-hybridized carbons (Fsp3) is 0.574. The first-order valence-electron chi connectivity index (χ1n) is 22.3. The Hall–Kier alpha value is -4.43. The normalized spacial score (nSPS) is 12.5. The Morgan fingerprint density at radius 2 is 1.45 bits per heavy atom. The first kappa shape index (κ1) is 54.9. The highest BCUT2D eigenvalue weighted by Gasteiger charge is 2.37. The number of aromatic nitrogens is 1. The van der Waals surface area contributed by atoms with Crippen LogP contribution in [0.15, 0.2) is 60.8 Å². The second kappa shape index (κ2) is 30.7. The summed E-state index contributed by atoms with van der Waals surface area (Å²) in [6.07, 6.45) is 5.38. The number of amides is 3. The van der Waals surface area contributed by atoms with Gasteiger partial charge in [0, 0.05) is 61.2 Å². The lowest BCUT2D eigenvalue weighted by Crippen LogP contribution is -2.45. The van der Waals surface area contributed by atoms with Gasteiger partial charge in [-0.3, -0.25) is 14.4 Å². The standard InChI is InChI=1S/C47H70F2N6O9S/c1-47(2,3)45(41-29-36(38-30-37(48)14-15-39(38)49)32-54(41)31-35-11-6-4-7-12-35)55(20-10-18-51)44(58)34-65-33-40(46(59)60)53-43(57)16-21-61-23-25-63-27-28-64-26-24-62-22-19-52-42(56)13-8-5-9-17-50/h4,6-7,11-12,14-15,29-30,32,40,45H,5,8-10,13,16-28,31,33-34,50-51H2,1-3H3,(H,52,56)(H,53,57)(H,59,60). The molecule has 2 atom stereocenters. The van der Waals surface area contributed by atoms with Crippen LogP contribution in [0.1, 0.15) is 76.6 Å². The molecule has 0 fully saturated rings. The second-order valence-corrected chi connectivity index (χ2v) is 17.5. The van der Waals surface area contributed by atoms with E-state index in [2.05, 4.69) is 10.6 Å². The number of halogens is 2. The van der Waals surface area contributed by atoms with Crippen molar-refractivity contribution in [2.75, 3.05) is 90.5 Å². The average molecular weight is 933 g/mol. The van der Waals surface area contributed by atoms with E-state index in [1.807, 2.05) is 55.7 Å². The van der Waals surface area contributed by atoms with Crippen molar-refractivity contribution in [1.29, 1.82) is 0 Å². The Bertz CT molecular complexity index is 1870. The number of carbonyl (C=O) groups is 4. The maximum absolute atomic E-state index is 15.1. The van der Waals surface area contributed by atoms with E-state index in [4.69, 9.17) is 30.4 Å². The molecule has 65 heavy (non-hydrogen) atoms. The molecule has 0 saturated carbocycles. The number of carboxylic acids is 1. The van der Waals surface area contributed by atoms with Crippen molar-refractivity contribution in [3.05, 3.63) is 83.7 Å². The Morgan fingerprint density at radius 3 is 2.08 bits per heavy atom. The number of unbranched alkanes of at least 4 members (excludes halogenated alkanes) is 2. The number of thioether (sulfide) groups is 1. The maximum Gasteiger partial charge on any atom is 0.327 e. The SMILES string of the molecule is CC(C)(C)C(c1cc(-c2cc(F)ccc2F)cn1Cc1ccccc1)N(CCCN)C(=O)CSCC(NC(=O)CCOCCOCCOCCOCCNC(=O)CCCCCN)C(=O)O. The van der Waals surface area contributed by atoms with Crippen molar-refractivity contribution >= 4 is 35.5 Å². The van der Waals surface area contributed by atoms with Gasteiger partial charge in [0.15, 0.2) is 0 Å². The second-order valence-electron chi connectivity index (χ2n) is 16.5. The third-order valence-corrected chi connectivity index (χ3v) is 11.1. The summed E-state index contributed by atoms with van der Waals surface area (Å²) in [6, 6.07) is 13.0. The van der Waals surface area contributed by atoms with E-state index < -0.39 is 41.0 Å². The smallest absolute Gasteiger partial charge is 0.327 e. The van der Waals surface area contributed by atoms with Crippen molar-refractivity contribution in [2.24, 2.45) is 16.9 Å². The highest BCUT2D eigenvalue weighted by atomic mass is 32.2. The van der Waals surface area contributed by atoms with E-state index in [9.17, 15) is 28.7 Å². The summed E-state index contributed by atoms with van der Waals surface area (Å²) in [4.78, 5) is 52.5. The van der Waals surface area contributed by atoms with Gasteiger partial charge in [0.1, 0.15) is 17.7 Å². The number of carboxylic acid groups (broad SMARTS) is 1. The molecule has 3 rings (SSSR count). The van der Waals surface area contributed by atoms with Gasteiger partial charge in [-0.15, -0.1) is 11.8 Å². The number of nitrogens with two attached hydrogens (primary N) is 2. The molecule has 7 N–H and O–H groups in total. The third kappa shape index (κ3) is 21.2. The molecule has 18 heteroatoms.